The van der Waals surface area contributed by atoms with Gasteiger partial charge in [0, 0.05) is 0 Å². The van der Waals surface area contributed by atoms with E-state index in [9.17, 15) is 8.42 Å². The largest absolute Gasteiger partial charge is 0.371 e. The van der Waals surface area contributed by atoms with Gasteiger partial charge in [0.1, 0.15) is 0 Å². The summed E-state index contributed by atoms with van der Waals surface area (Å²) in [6.45, 7) is 7.46. The Morgan fingerprint density at radius 3 is 2.13 bits per heavy atom. The van der Waals surface area contributed by atoms with Gasteiger partial charge in [-0.15, -0.1) is 0 Å². The summed E-state index contributed by atoms with van der Waals surface area (Å²) in [6, 6.07) is -0.459. The summed E-state index contributed by atoms with van der Waals surface area (Å²) in [5, 5.41) is 0. The molecule has 15 heavy (non-hydrogen) atoms. The zero-order valence-electron chi connectivity index (χ0n) is 9.98. The van der Waals surface area contributed by atoms with Crippen molar-refractivity contribution in [2.24, 2.45) is 5.73 Å². The summed E-state index contributed by atoms with van der Waals surface area (Å²) in [4.78, 5) is 0. The number of hydrogen-bond acceptors (Lipinski definition) is 5. The van der Waals surface area contributed by atoms with Crippen molar-refractivity contribution in [3.63, 3.8) is 0 Å². The first-order chi connectivity index (χ1) is 6.51. The minimum absolute atomic E-state index is 0.0594. The molecule has 0 radical (unpaired) electrons. The van der Waals surface area contributed by atoms with Crippen molar-refractivity contribution in [1.82, 2.24) is 0 Å². The number of rotatable bonds is 5. The molecular formula is C9H21NO4S. The van der Waals surface area contributed by atoms with Crippen LogP contribution in [0.25, 0.3) is 0 Å². The van der Waals surface area contributed by atoms with E-state index in [1.54, 1.807) is 6.92 Å². The van der Waals surface area contributed by atoms with Gasteiger partial charge in [0.2, 0.25) is 0 Å². The van der Waals surface area contributed by atoms with Crippen molar-refractivity contribution >= 4 is 10.1 Å². The molecule has 0 aromatic heterocycles. The van der Waals surface area contributed by atoms with Crippen molar-refractivity contribution in [2.45, 2.75) is 45.4 Å². The van der Waals surface area contributed by atoms with Gasteiger partial charge < -0.3 is 10.5 Å². The molecule has 0 aromatic carbocycles. The van der Waals surface area contributed by atoms with Crippen LogP contribution in [0.5, 0.6) is 0 Å². The van der Waals surface area contributed by atoms with Gasteiger partial charge >= 0.3 is 0 Å². The molecule has 2 N–H and O–H groups in total. The Morgan fingerprint density at radius 2 is 1.80 bits per heavy atom. The SMILES string of the molecule is C[C@@H](OC(C)(C)C)[C@H](N)COS(C)(=O)=O. The van der Waals surface area contributed by atoms with Crippen molar-refractivity contribution in [1.29, 1.82) is 0 Å². The minimum Gasteiger partial charge on any atom is -0.371 e. The number of ether oxygens (including phenoxy) is 1. The molecule has 2 atom stereocenters. The molecule has 0 unspecified atom stereocenters. The van der Waals surface area contributed by atoms with Crippen molar-refractivity contribution in [3.05, 3.63) is 0 Å². The molecule has 6 heteroatoms. The molecule has 92 valence electrons. The third-order valence-corrected chi connectivity index (χ3v) is 2.18. The predicted molar refractivity (Wildman–Crippen MR) is 59.1 cm³/mol. The Kier molecular flexibility index (Phi) is 5.19. The Morgan fingerprint density at radius 1 is 1.33 bits per heavy atom. The zero-order chi connectivity index (χ0) is 12.3. The first kappa shape index (κ1) is 14.8. The van der Waals surface area contributed by atoms with Gasteiger partial charge in [-0.2, -0.15) is 8.42 Å². The van der Waals surface area contributed by atoms with E-state index in [4.69, 9.17) is 10.5 Å². The lowest BCUT2D eigenvalue weighted by Gasteiger charge is -2.28. The molecule has 0 spiro atoms. The van der Waals surface area contributed by atoms with Gasteiger partial charge in [-0.3, -0.25) is 4.18 Å². The molecule has 0 saturated carbocycles. The normalized spacial score (nSPS) is 17.5. The average Bonchev–Trinajstić information content (AvgIpc) is 1.95. The van der Waals surface area contributed by atoms with Crippen LogP contribution in [0.15, 0.2) is 0 Å². The molecular weight excluding hydrogens is 218 g/mol. The fraction of sp³-hybridized carbons (Fsp3) is 1.00. The standard InChI is InChI=1S/C9H21NO4S/c1-7(14-9(2,3)4)8(10)6-13-15(5,11)12/h7-8H,6,10H2,1-5H3/t7-,8-/m1/s1. The summed E-state index contributed by atoms with van der Waals surface area (Å²) in [5.74, 6) is 0. The quantitative estimate of drug-likeness (QED) is 0.706. The second kappa shape index (κ2) is 5.25. The predicted octanol–water partition coefficient (Wildman–Crippen LogP) is 0.494. The van der Waals surface area contributed by atoms with E-state index in [2.05, 4.69) is 4.18 Å². The Hall–Kier alpha value is -0.170. The molecule has 0 rings (SSSR count). The molecule has 0 heterocycles. The lowest BCUT2D eigenvalue weighted by molar-refractivity contribution is -0.0654. The van der Waals surface area contributed by atoms with Gasteiger partial charge in [-0.1, -0.05) is 0 Å². The maximum atomic E-state index is 10.7. The summed E-state index contributed by atoms with van der Waals surface area (Å²) in [7, 11) is -3.43. The Balaban J connectivity index is 4.06. The second-order valence-corrected chi connectivity index (χ2v) is 6.23. The molecule has 0 amide bonds. The van der Waals surface area contributed by atoms with E-state index in [0.29, 0.717) is 0 Å². The number of hydrogen-bond donors (Lipinski definition) is 1. The maximum absolute atomic E-state index is 10.7. The first-order valence-corrected chi connectivity index (χ1v) is 6.61. The van der Waals surface area contributed by atoms with Gasteiger partial charge in [-0.05, 0) is 27.7 Å². The number of nitrogens with two attached hydrogens (primary N) is 1. The minimum atomic E-state index is -3.43. The van der Waals surface area contributed by atoms with Crippen LogP contribution in [0.2, 0.25) is 0 Å². The molecule has 0 saturated heterocycles. The van der Waals surface area contributed by atoms with Crippen LogP contribution in [0.4, 0.5) is 0 Å². The molecule has 0 aliphatic rings. The highest BCUT2D eigenvalue weighted by atomic mass is 32.2. The van der Waals surface area contributed by atoms with Crippen LogP contribution >= 0.6 is 0 Å². The van der Waals surface area contributed by atoms with Crippen LogP contribution < -0.4 is 5.73 Å². The summed E-state index contributed by atoms with van der Waals surface area (Å²) in [5.41, 5.74) is 5.41. The maximum Gasteiger partial charge on any atom is 0.264 e. The molecule has 0 aromatic rings. The average molecular weight is 239 g/mol. The molecule has 0 fully saturated rings. The highest BCUT2D eigenvalue weighted by molar-refractivity contribution is 7.85. The Labute approximate surface area is 92.1 Å². The summed E-state index contributed by atoms with van der Waals surface area (Å²) in [6.07, 6.45) is 0.737. The topological polar surface area (TPSA) is 78.6 Å². The highest BCUT2D eigenvalue weighted by Gasteiger charge is 2.21. The van der Waals surface area contributed by atoms with Gasteiger partial charge in [0.05, 0.1) is 30.6 Å². The molecule has 5 nitrogen and oxygen atoms in total. The monoisotopic (exact) mass is 239 g/mol. The van der Waals surface area contributed by atoms with E-state index in [0.717, 1.165) is 6.26 Å². The lowest BCUT2D eigenvalue weighted by Crippen LogP contribution is -2.42. The molecule has 0 aliphatic heterocycles. The second-order valence-electron chi connectivity index (χ2n) is 4.59. The zero-order valence-corrected chi connectivity index (χ0v) is 10.8. The summed E-state index contributed by atoms with van der Waals surface area (Å²) < 4.78 is 31.6. The third kappa shape index (κ3) is 8.80. The fourth-order valence-electron chi connectivity index (χ4n) is 0.983. The van der Waals surface area contributed by atoms with Crippen LogP contribution in [0, 0.1) is 0 Å². The van der Waals surface area contributed by atoms with Crippen LogP contribution in [-0.4, -0.2) is 39.0 Å². The highest BCUT2D eigenvalue weighted by Crippen LogP contribution is 2.12. The first-order valence-electron chi connectivity index (χ1n) is 4.79. The van der Waals surface area contributed by atoms with Crippen LogP contribution in [0.3, 0.4) is 0 Å². The van der Waals surface area contributed by atoms with E-state index >= 15 is 0 Å². The third-order valence-electron chi connectivity index (χ3n) is 1.62. The van der Waals surface area contributed by atoms with Gasteiger partial charge in [0.25, 0.3) is 10.1 Å². The van der Waals surface area contributed by atoms with Gasteiger partial charge in [0.15, 0.2) is 0 Å². The van der Waals surface area contributed by atoms with Crippen molar-refractivity contribution < 1.29 is 17.3 Å². The molecule has 0 bridgehead atoms. The van der Waals surface area contributed by atoms with Crippen LogP contribution in [0.1, 0.15) is 27.7 Å². The van der Waals surface area contributed by atoms with E-state index in [1.165, 1.54) is 0 Å². The van der Waals surface area contributed by atoms with Crippen LogP contribution in [-0.2, 0) is 19.0 Å². The van der Waals surface area contributed by atoms with E-state index in [-0.39, 0.29) is 18.3 Å². The Bertz CT molecular complexity index is 281. The lowest BCUT2D eigenvalue weighted by atomic mass is 10.1. The smallest absolute Gasteiger partial charge is 0.264 e. The van der Waals surface area contributed by atoms with Gasteiger partial charge in [-0.25, -0.2) is 0 Å². The fourth-order valence-corrected chi connectivity index (χ4v) is 1.39. The van der Waals surface area contributed by atoms with Crippen molar-refractivity contribution in [3.8, 4) is 0 Å². The molecule has 0 aliphatic carbocycles. The van der Waals surface area contributed by atoms with E-state index in [1.807, 2.05) is 20.8 Å². The van der Waals surface area contributed by atoms with Crippen molar-refractivity contribution in [2.75, 3.05) is 12.9 Å². The summed E-state index contributed by atoms with van der Waals surface area (Å²) >= 11 is 0. The van der Waals surface area contributed by atoms with E-state index < -0.39 is 16.2 Å².